The van der Waals surface area contributed by atoms with Gasteiger partial charge < -0.3 is 25.1 Å². The second kappa shape index (κ2) is 6.44. The minimum atomic E-state index is -0.483. The molecule has 0 radical (unpaired) electrons. The largest absolute Gasteiger partial charge is 0.417 e. The molecule has 7 heteroatoms. The second-order valence-electron chi connectivity index (χ2n) is 4.79. The van der Waals surface area contributed by atoms with Crippen LogP contribution in [0.1, 0.15) is 0 Å². The highest BCUT2D eigenvalue weighted by Crippen LogP contribution is 2.23. The Morgan fingerprint density at radius 2 is 2.20 bits per heavy atom. The Hall–Kier alpha value is -1.99. The van der Waals surface area contributed by atoms with Crippen molar-refractivity contribution in [1.82, 2.24) is 9.88 Å². The number of aromatic nitrogens is 1. The summed E-state index contributed by atoms with van der Waals surface area (Å²) in [6.45, 7) is 2.82. The fourth-order valence-corrected chi connectivity index (χ4v) is 1.77. The standard InChI is InChI=1S/C13H20N4O3/c1-17(2)4-6-19-5-3-15-10-8-11-12(7-9(10)14)20-13(18)16-11/h7-8,15H,3-6,14H2,1-2H3,(H,16,18). The zero-order chi connectivity index (χ0) is 14.5. The first-order valence-corrected chi connectivity index (χ1v) is 6.45. The lowest BCUT2D eigenvalue weighted by Gasteiger charge is -2.11. The third-order valence-corrected chi connectivity index (χ3v) is 2.84. The quantitative estimate of drug-likeness (QED) is 0.510. The first kappa shape index (κ1) is 14.4. The molecule has 1 aromatic heterocycles. The average molecular weight is 280 g/mol. The molecular formula is C13H20N4O3. The Morgan fingerprint density at radius 3 is 2.95 bits per heavy atom. The molecule has 2 aromatic rings. The summed E-state index contributed by atoms with van der Waals surface area (Å²) < 4.78 is 10.4. The van der Waals surface area contributed by atoms with E-state index in [0.29, 0.717) is 36.5 Å². The number of aromatic amines is 1. The zero-order valence-corrected chi connectivity index (χ0v) is 11.7. The first-order valence-electron chi connectivity index (χ1n) is 6.45. The molecule has 0 bridgehead atoms. The number of nitrogen functional groups attached to an aromatic ring is 1. The molecule has 1 heterocycles. The maximum atomic E-state index is 11.1. The smallest absolute Gasteiger partial charge is 0.408 e. The number of likely N-dealkylation sites (N-methyl/N-ethyl adjacent to an activating group) is 1. The van der Waals surface area contributed by atoms with Gasteiger partial charge in [-0.05, 0) is 20.2 Å². The number of hydrogen-bond donors (Lipinski definition) is 3. The number of nitrogens with zero attached hydrogens (tertiary/aromatic N) is 1. The Balaban J connectivity index is 1.86. The number of H-pyrrole nitrogens is 1. The lowest BCUT2D eigenvalue weighted by Crippen LogP contribution is -2.20. The van der Waals surface area contributed by atoms with Crippen LogP contribution < -0.4 is 16.8 Å². The van der Waals surface area contributed by atoms with Gasteiger partial charge in [-0.3, -0.25) is 4.98 Å². The van der Waals surface area contributed by atoms with Gasteiger partial charge >= 0.3 is 5.76 Å². The van der Waals surface area contributed by atoms with Gasteiger partial charge in [0.15, 0.2) is 5.58 Å². The number of rotatable bonds is 7. The Morgan fingerprint density at radius 1 is 1.40 bits per heavy atom. The predicted octanol–water partition coefficient (Wildman–Crippen LogP) is 0.693. The van der Waals surface area contributed by atoms with Gasteiger partial charge in [0.1, 0.15) is 0 Å². The third kappa shape index (κ3) is 3.75. The van der Waals surface area contributed by atoms with E-state index in [1.807, 2.05) is 14.1 Å². The molecule has 0 spiro atoms. The van der Waals surface area contributed by atoms with Crippen molar-refractivity contribution in [3.05, 3.63) is 22.7 Å². The molecule has 0 aliphatic rings. The van der Waals surface area contributed by atoms with Crippen molar-refractivity contribution in [2.45, 2.75) is 0 Å². The predicted molar refractivity (Wildman–Crippen MR) is 79.1 cm³/mol. The van der Waals surface area contributed by atoms with E-state index in [-0.39, 0.29) is 0 Å². The van der Waals surface area contributed by atoms with Crippen LogP contribution in [-0.2, 0) is 4.74 Å². The molecule has 0 atom stereocenters. The van der Waals surface area contributed by atoms with E-state index < -0.39 is 5.76 Å². The number of ether oxygens (including phenoxy) is 1. The Kier molecular flexibility index (Phi) is 4.65. The van der Waals surface area contributed by atoms with Crippen molar-refractivity contribution in [2.75, 3.05) is 51.4 Å². The number of hydrogen-bond acceptors (Lipinski definition) is 6. The highest BCUT2D eigenvalue weighted by Gasteiger charge is 2.06. The minimum Gasteiger partial charge on any atom is -0.408 e. The number of nitrogens with one attached hydrogen (secondary N) is 2. The minimum absolute atomic E-state index is 0.459. The van der Waals surface area contributed by atoms with Gasteiger partial charge in [0.2, 0.25) is 0 Å². The Bertz CT molecular complexity index is 618. The summed E-state index contributed by atoms with van der Waals surface area (Å²) in [5.41, 5.74) is 8.27. The van der Waals surface area contributed by atoms with E-state index in [9.17, 15) is 4.79 Å². The molecule has 7 nitrogen and oxygen atoms in total. The molecule has 1 aromatic carbocycles. The van der Waals surface area contributed by atoms with Gasteiger partial charge in [-0.25, -0.2) is 4.79 Å². The van der Waals surface area contributed by atoms with Crippen LogP contribution in [0.15, 0.2) is 21.3 Å². The maximum Gasteiger partial charge on any atom is 0.417 e. The molecule has 4 N–H and O–H groups in total. The molecule has 0 aliphatic heterocycles. The molecule has 0 saturated carbocycles. The highest BCUT2D eigenvalue weighted by atomic mass is 16.5. The number of oxazole rings is 1. The number of benzene rings is 1. The van der Waals surface area contributed by atoms with Crippen LogP contribution in [0, 0.1) is 0 Å². The monoisotopic (exact) mass is 280 g/mol. The molecular weight excluding hydrogens is 260 g/mol. The highest BCUT2D eigenvalue weighted by molar-refractivity contribution is 5.85. The summed E-state index contributed by atoms with van der Waals surface area (Å²) in [7, 11) is 4.01. The van der Waals surface area contributed by atoms with Gasteiger partial charge in [0, 0.05) is 19.2 Å². The van der Waals surface area contributed by atoms with Crippen LogP contribution in [-0.4, -0.2) is 50.3 Å². The molecule has 0 aliphatic carbocycles. The fraction of sp³-hybridized carbons (Fsp3) is 0.462. The van der Waals surface area contributed by atoms with Crippen LogP contribution in [0.3, 0.4) is 0 Å². The summed E-state index contributed by atoms with van der Waals surface area (Å²) in [6, 6.07) is 3.39. The van der Waals surface area contributed by atoms with Gasteiger partial charge in [-0.2, -0.15) is 0 Å². The summed E-state index contributed by atoms with van der Waals surface area (Å²) in [5, 5.41) is 3.18. The summed E-state index contributed by atoms with van der Waals surface area (Å²) in [4.78, 5) is 15.8. The van der Waals surface area contributed by atoms with E-state index in [1.54, 1.807) is 12.1 Å². The van der Waals surface area contributed by atoms with E-state index in [0.717, 1.165) is 12.2 Å². The summed E-state index contributed by atoms with van der Waals surface area (Å²) in [5.74, 6) is -0.483. The molecule has 0 unspecified atom stereocenters. The second-order valence-corrected chi connectivity index (χ2v) is 4.79. The third-order valence-electron chi connectivity index (χ3n) is 2.84. The normalized spacial score (nSPS) is 11.3. The van der Waals surface area contributed by atoms with Crippen molar-refractivity contribution in [1.29, 1.82) is 0 Å². The molecule has 20 heavy (non-hydrogen) atoms. The van der Waals surface area contributed by atoms with E-state index >= 15 is 0 Å². The summed E-state index contributed by atoms with van der Waals surface area (Å²) >= 11 is 0. The molecule has 0 saturated heterocycles. The molecule has 2 rings (SSSR count). The van der Waals surface area contributed by atoms with Crippen molar-refractivity contribution < 1.29 is 9.15 Å². The van der Waals surface area contributed by atoms with Crippen molar-refractivity contribution in [3.8, 4) is 0 Å². The molecule has 0 amide bonds. The maximum absolute atomic E-state index is 11.1. The van der Waals surface area contributed by atoms with Crippen LogP contribution in [0.25, 0.3) is 11.1 Å². The average Bonchev–Trinajstić information content (AvgIpc) is 2.72. The lowest BCUT2D eigenvalue weighted by molar-refractivity contribution is 0.126. The van der Waals surface area contributed by atoms with Crippen LogP contribution >= 0.6 is 0 Å². The lowest BCUT2D eigenvalue weighted by atomic mass is 10.2. The summed E-state index contributed by atoms with van der Waals surface area (Å²) in [6.07, 6.45) is 0. The Labute approximate surface area is 116 Å². The van der Waals surface area contributed by atoms with E-state index in [2.05, 4.69) is 15.2 Å². The number of nitrogens with two attached hydrogens (primary N) is 1. The van der Waals surface area contributed by atoms with Crippen molar-refractivity contribution >= 4 is 22.5 Å². The van der Waals surface area contributed by atoms with E-state index in [1.165, 1.54) is 0 Å². The van der Waals surface area contributed by atoms with E-state index in [4.69, 9.17) is 14.9 Å². The number of anilines is 2. The molecule has 0 fully saturated rings. The van der Waals surface area contributed by atoms with Crippen molar-refractivity contribution in [2.24, 2.45) is 0 Å². The zero-order valence-electron chi connectivity index (χ0n) is 11.7. The van der Waals surface area contributed by atoms with Crippen LogP contribution in [0.2, 0.25) is 0 Å². The van der Waals surface area contributed by atoms with Gasteiger partial charge in [0.25, 0.3) is 0 Å². The first-order chi connectivity index (χ1) is 9.56. The number of fused-ring (bicyclic) bond motifs is 1. The fourth-order valence-electron chi connectivity index (χ4n) is 1.77. The van der Waals surface area contributed by atoms with Crippen LogP contribution in [0.4, 0.5) is 11.4 Å². The van der Waals surface area contributed by atoms with Gasteiger partial charge in [-0.15, -0.1) is 0 Å². The SMILES string of the molecule is CN(C)CCOCCNc1cc2[nH]c(=O)oc2cc1N. The van der Waals surface area contributed by atoms with Gasteiger partial charge in [-0.1, -0.05) is 0 Å². The topological polar surface area (TPSA) is 96.5 Å². The molecule has 110 valence electrons. The van der Waals surface area contributed by atoms with Crippen LogP contribution in [0.5, 0.6) is 0 Å². The van der Waals surface area contributed by atoms with Crippen molar-refractivity contribution in [3.63, 3.8) is 0 Å². The van der Waals surface area contributed by atoms with Gasteiger partial charge in [0.05, 0.1) is 30.1 Å².